The Morgan fingerprint density at radius 1 is 0.923 bits per heavy atom. The molecule has 1 aromatic heterocycles. The lowest BCUT2D eigenvalue weighted by Crippen LogP contribution is -2.47. The molecule has 0 aliphatic heterocycles. The lowest BCUT2D eigenvalue weighted by molar-refractivity contribution is -0.141. The van der Waals surface area contributed by atoms with Gasteiger partial charge in [-0.05, 0) is 53.8 Å². The van der Waals surface area contributed by atoms with Crippen LogP contribution in [0.5, 0.6) is 0 Å². The van der Waals surface area contributed by atoms with Crippen LogP contribution >= 0.6 is 0 Å². The topological polar surface area (TPSA) is 116 Å². The average molecular weight is 534 g/mol. The minimum absolute atomic E-state index is 0.121. The monoisotopic (exact) mass is 533 g/mol. The maximum absolute atomic E-state index is 13.6. The maximum Gasteiger partial charge on any atom is 0.435 e. The first-order chi connectivity index (χ1) is 18.6. The van der Waals surface area contributed by atoms with Crippen molar-refractivity contribution in [3.63, 3.8) is 0 Å². The average Bonchev–Trinajstić information content (AvgIpc) is 3.68. The van der Waals surface area contributed by atoms with E-state index in [0.29, 0.717) is 22.8 Å². The van der Waals surface area contributed by atoms with Gasteiger partial charge >= 0.3 is 6.18 Å². The fourth-order valence-corrected chi connectivity index (χ4v) is 4.55. The fourth-order valence-electron chi connectivity index (χ4n) is 4.55. The third-order valence-corrected chi connectivity index (χ3v) is 6.76. The zero-order chi connectivity index (χ0) is 27.8. The van der Waals surface area contributed by atoms with E-state index in [1.165, 1.54) is 6.07 Å². The molecular formula is C29H26F3N5O2. The van der Waals surface area contributed by atoms with E-state index < -0.39 is 23.3 Å². The molecule has 1 amide bonds. The highest BCUT2D eigenvalue weighted by Crippen LogP contribution is 2.40. The smallest absolute Gasteiger partial charge is 0.326 e. The highest BCUT2D eigenvalue weighted by molar-refractivity contribution is 6.04. The Labute approximate surface area is 222 Å². The number of ketones is 1. The van der Waals surface area contributed by atoms with E-state index in [4.69, 9.17) is 11.5 Å². The second-order valence-electron chi connectivity index (χ2n) is 9.55. The summed E-state index contributed by atoms with van der Waals surface area (Å²) in [5, 5.41) is 6.31. The van der Waals surface area contributed by atoms with Crippen LogP contribution in [0.3, 0.4) is 0 Å². The van der Waals surface area contributed by atoms with Crippen molar-refractivity contribution in [2.75, 3.05) is 5.32 Å². The molecule has 5 N–H and O–H groups in total. The van der Waals surface area contributed by atoms with Crippen molar-refractivity contribution in [1.29, 1.82) is 0 Å². The molecule has 0 bridgehead atoms. The second-order valence-corrected chi connectivity index (χ2v) is 9.55. The van der Waals surface area contributed by atoms with Gasteiger partial charge in [-0.2, -0.15) is 18.3 Å². The summed E-state index contributed by atoms with van der Waals surface area (Å²) in [6.45, 7) is 0.164. The molecule has 200 valence electrons. The number of hydrogen-bond donors (Lipinski definition) is 3. The molecule has 1 unspecified atom stereocenters. The van der Waals surface area contributed by atoms with Crippen molar-refractivity contribution in [2.24, 2.45) is 17.4 Å². The zero-order valence-corrected chi connectivity index (χ0v) is 20.8. The Morgan fingerprint density at radius 2 is 1.62 bits per heavy atom. The van der Waals surface area contributed by atoms with Crippen LogP contribution < -0.4 is 16.8 Å². The first kappa shape index (κ1) is 26.3. The van der Waals surface area contributed by atoms with E-state index in [0.717, 1.165) is 17.5 Å². The van der Waals surface area contributed by atoms with Gasteiger partial charge in [-0.15, -0.1) is 0 Å². The molecule has 39 heavy (non-hydrogen) atoms. The molecule has 1 atom stereocenters. The van der Waals surface area contributed by atoms with Crippen LogP contribution in [0, 0.1) is 5.92 Å². The fraction of sp³-hybridized carbons (Fsp3) is 0.207. The third kappa shape index (κ3) is 5.21. The van der Waals surface area contributed by atoms with Crippen LogP contribution in [0.1, 0.15) is 45.7 Å². The Morgan fingerprint density at radius 3 is 2.28 bits per heavy atom. The number of aromatic nitrogens is 2. The number of anilines is 1. The van der Waals surface area contributed by atoms with Crippen molar-refractivity contribution in [1.82, 2.24) is 9.78 Å². The lowest BCUT2D eigenvalue weighted by Gasteiger charge is -2.30. The van der Waals surface area contributed by atoms with Crippen molar-refractivity contribution in [3.05, 3.63) is 113 Å². The summed E-state index contributed by atoms with van der Waals surface area (Å²) in [4.78, 5) is 26.7. The summed E-state index contributed by atoms with van der Waals surface area (Å²) < 4.78 is 41.6. The maximum atomic E-state index is 13.6. The Kier molecular flexibility index (Phi) is 6.83. The normalized spacial score (nSPS) is 15.0. The van der Waals surface area contributed by atoms with Crippen LogP contribution in [0.2, 0.25) is 0 Å². The van der Waals surface area contributed by atoms with Crippen LogP contribution in [0.15, 0.2) is 84.9 Å². The van der Waals surface area contributed by atoms with Gasteiger partial charge in [-0.1, -0.05) is 54.6 Å². The molecule has 5 rings (SSSR count). The molecule has 3 aromatic carbocycles. The summed E-state index contributed by atoms with van der Waals surface area (Å²) >= 11 is 0. The number of hydrogen-bond acceptors (Lipinski definition) is 5. The van der Waals surface area contributed by atoms with Crippen LogP contribution in [0.25, 0.3) is 5.69 Å². The molecule has 1 fully saturated rings. The number of rotatable bonds is 8. The predicted octanol–water partition coefficient (Wildman–Crippen LogP) is 4.78. The van der Waals surface area contributed by atoms with E-state index in [1.54, 1.807) is 66.7 Å². The zero-order valence-electron chi connectivity index (χ0n) is 20.8. The van der Waals surface area contributed by atoms with Crippen molar-refractivity contribution in [2.45, 2.75) is 31.1 Å². The molecule has 0 spiro atoms. The number of amides is 1. The van der Waals surface area contributed by atoms with Gasteiger partial charge in [0.15, 0.2) is 11.5 Å². The van der Waals surface area contributed by atoms with E-state index in [-0.39, 0.29) is 35.3 Å². The number of benzene rings is 3. The lowest BCUT2D eigenvalue weighted by atomic mass is 9.78. The first-order valence-corrected chi connectivity index (χ1v) is 12.4. The summed E-state index contributed by atoms with van der Waals surface area (Å²) in [6, 6.07) is 22.6. The molecule has 1 aliphatic rings. The molecule has 10 heteroatoms. The minimum atomic E-state index is -4.76. The highest BCUT2D eigenvalue weighted by Gasteiger charge is 2.45. The second kappa shape index (κ2) is 10.1. The van der Waals surface area contributed by atoms with Gasteiger partial charge < -0.3 is 16.8 Å². The molecule has 4 aromatic rings. The number of carbonyl (C=O) groups excluding carboxylic acids is 2. The van der Waals surface area contributed by atoms with E-state index in [9.17, 15) is 22.8 Å². The minimum Gasteiger partial charge on any atom is -0.326 e. The number of nitrogens with zero attached hydrogens (tertiary/aromatic N) is 2. The van der Waals surface area contributed by atoms with Gasteiger partial charge in [-0.3, -0.25) is 9.59 Å². The van der Waals surface area contributed by atoms with Gasteiger partial charge in [0.05, 0.1) is 5.69 Å². The number of alkyl halides is 3. The van der Waals surface area contributed by atoms with Gasteiger partial charge in [0.25, 0.3) is 5.91 Å². The molecule has 0 radical (unpaired) electrons. The summed E-state index contributed by atoms with van der Waals surface area (Å²) in [6.07, 6.45) is -3.24. The molecule has 1 saturated carbocycles. The standard InChI is InChI=1S/C29H26F3N5O2/c30-29(31,32)25-16-24(37(36-25)23-11-4-6-18(14-23)17-33)27(39)35-22-10-5-9-21(15-22)28(34,26(38)19-12-13-19)20-7-2-1-3-8-20/h1-11,14-16,19H,12-13,17,33-34H2,(H,35,39). The van der Waals surface area contributed by atoms with Gasteiger partial charge in [0.1, 0.15) is 11.2 Å². The first-order valence-electron chi connectivity index (χ1n) is 12.4. The van der Waals surface area contributed by atoms with E-state index in [1.807, 2.05) is 6.07 Å². The number of carbonyl (C=O) groups is 2. The summed E-state index contributed by atoms with van der Waals surface area (Å²) in [5.41, 5.74) is 11.8. The Bertz CT molecular complexity index is 1530. The Hall–Kier alpha value is -4.28. The largest absolute Gasteiger partial charge is 0.435 e. The molecular weight excluding hydrogens is 507 g/mol. The third-order valence-electron chi connectivity index (χ3n) is 6.76. The highest BCUT2D eigenvalue weighted by atomic mass is 19.4. The molecule has 1 heterocycles. The number of nitrogens with two attached hydrogens (primary N) is 2. The van der Waals surface area contributed by atoms with Gasteiger partial charge in [-0.25, -0.2) is 4.68 Å². The molecule has 1 aliphatic carbocycles. The summed E-state index contributed by atoms with van der Waals surface area (Å²) in [5.74, 6) is -1.08. The van der Waals surface area contributed by atoms with Crippen molar-refractivity contribution < 1.29 is 22.8 Å². The SMILES string of the molecule is NCc1cccc(-n2nc(C(F)(F)F)cc2C(=O)Nc2cccc(C(N)(C(=O)C3CC3)c3ccccc3)c2)c1. The van der Waals surface area contributed by atoms with E-state index >= 15 is 0 Å². The quantitative estimate of drug-likeness (QED) is 0.301. The van der Waals surface area contributed by atoms with E-state index in [2.05, 4.69) is 10.4 Å². The van der Waals surface area contributed by atoms with Gasteiger partial charge in [0, 0.05) is 24.2 Å². The molecule has 7 nitrogen and oxygen atoms in total. The number of nitrogens with one attached hydrogen (secondary N) is 1. The summed E-state index contributed by atoms with van der Waals surface area (Å²) in [7, 11) is 0. The van der Waals surface area contributed by atoms with Gasteiger partial charge in [0.2, 0.25) is 0 Å². The van der Waals surface area contributed by atoms with Crippen molar-refractivity contribution >= 4 is 17.4 Å². The Balaban J connectivity index is 1.52. The molecule has 0 saturated heterocycles. The van der Waals surface area contributed by atoms with Crippen LogP contribution in [-0.2, 0) is 23.1 Å². The number of Topliss-reactive ketones (excluding diaryl/α,β-unsaturated/α-hetero) is 1. The van der Waals surface area contributed by atoms with Crippen molar-refractivity contribution in [3.8, 4) is 5.69 Å². The predicted molar refractivity (Wildman–Crippen MR) is 140 cm³/mol. The van der Waals surface area contributed by atoms with Crippen LogP contribution in [-0.4, -0.2) is 21.5 Å². The number of halogens is 3. The van der Waals surface area contributed by atoms with Crippen LogP contribution in [0.4, 0.5) is 18.9 Å².